The summed E-state index contributed by atoms with van der Waals surface area (Å²) in [6.07, 6.45) is 4.53. The molecular weight excluding hydrogens is 302 g/mol. The fraction of sp³-hybridized carbons (Fsp3) is 0.200. The van der Waals surface area contributed by atoms with Crippen molar-refractivity contribution in [3.05, 3.63) is 58.3 Å². The van der Waals surface area contributed by atoms with Gasteiger partial charge in [0.15, 0.2) is 0 Å². The summed E-state index contributed by atoms with van der Waals surface area (Å²) >= 11 is 3.45. The lowest BCUT2D eigenvalue weighted by molar-refractivity contribution is 0.873. The van der Waals surface area contributed by atoms with Crippen LogP contribution in [-0.2, 0) is 6.42 Å². The molecule has 0 aliphatic rings. The van der Waals surface area contributed by atoms with E-state index in [1.807, 2.05) is 37.4 Å². The average molecular weight is 316 g/mol. The Labute approximate surface area is 121 Å². The first-order chi connectivity index (χ1) is 9.20. The zero-order chi connectivity index (χ0) is 13.7. The predicted octanol–water partition coefficient (Wildman–Crippen LogP) is 3.39. The summed E-state index contributed by atoms with van der Waals surface area (Å²) in [5, 5.41) is 9.14. The minimum Gasteiger partial charge on any atom is -0.373 e. The van der Waals surface area contributed by atoms with E-state index in [4.69, 9.17) is 5.26 Å². The summed E-state index contributed by atoms with van der Waals surface area (Å²) in [6.45, 7) is 0.856. The van der Waals surface area contributed by atoms with E-state index in [0.717, 1.165) is 23.1 Å². The maximum Gasteiger partial charge on any atom is 0.101 e. The van der Waals surface area contributed by atoms with E-state index in [2.05, 4.69) is 31.9 Å². The molecule has 3 nitrogen and oxygen atoms in total. The van der Waals surface area contributed by atoms with E-state index in [1.165, 1.54) is 5.56 Å². The molecule has 0 fully saturated rings. The number of hydrogen-bond donors (Lipinski definition) is 0. The van der Waals surface area contributed by atoms with Crippen molar-refractivity contribution in [1.82, 2.24) is 4.98 Å². The van der Waals surface area contributed by atoms with Gasteiger partial charge < -0.3 is 4.90 Å². The van der Waals surface area contributed by atoms with Crippen LogP contribution in [0.5, 0.6) is 0 Å². The molecule has 4 heteroatoms. The summed E-state index contributed by atoms with van der Waals surface area (Å²) in [7, 11) is 2.00. The molecule has 1 aromatic heterocycles. The molecule has 1 aromatic carbocycles. The van der Waals surface area contributed by atoms with E-state index in [1.54, 1.807) is 12.4 Å². The van der Waals surface area contributed by atoms with Gasteiger partial charge in [-0.1, -0.05) is 15.9 Å². The zero-order valence-corrected chi connectivity index (χ0v) is 12.3. The highest BCUT2D eigenvalue weighted by atomic mass is 79.9. The lowest BCUT2D eigenvalue weighted by atomic mass is 10.1. The van der Waals surface area contributed by atoms with E-state index >= 15 is 0 Å². The highest BCUT2D eigenvalue weighted by Gasteiger charge is 2.08. The number of benzene rings is 1. The smallest absolute Gasteiger partial charge is 0.101 e. The second-order valence-electron chi connectivity index (χ2n) is 4.30. The summed E-state index contributed by atoms with van der Waals surface area (Å²) in [4.78, 5) is 6.11. The monoisotopic (exact) mass is 315 g/mol. The fourth-order valence-electron chi connectivity index (χ4n) is 1.88. The first-order valence-electron chi connectivity index (χ1n) is 6.00. The van der Waals surface area contributed by atoms with Gasteiger partial charge in [0.2, 0.25) is 0 Å². The molecule has 2 aromatic rings. The maximum absolute atomic E-state index is 9.14. The van der Waals surface area contributed by atoms with Crippen LogP contribution in [-0.4, -0.2) is 18.6 Å². The number of likely N-dealkylation sites (N-methyl/N-ethyl adjacent to an activating group) is 1. The standard InChI is InChI=1S/C15H14BrN3/c1-19(9-6-12-4-7-18-8-5-12)15-10-14(16)3-2-13(15)11-17/h2-5,7-8,10H,6,9H2,1H3. The molecular formula is C15H14BrN3. The van der Waals surface area contributed by atoms with Crippen molar-refractivity contribution in [3.8, 4) is 6.07 Å². The summed E-state index contributed by atoms with van der Waals surface area (Å²) < 4.78 is 0.984. The van der Waals surface area contributed by atoms with Crippen molar-refractivity contribution >= 4 is 21.6 Å². The second kappa shape index (κ2) is 6.35. The van der Waals surface area contributed by atoms with Gasteiger partial charge in [-0.15, -0.1) is 0 Å². The van der Waals surface area contributed by atoms with Gasteiger partial charge >= 0.3 is 0 Å². The van der Waals surface area contributed by atoms with Crippen LogP contribution in [0.1, 0.15) is 11.1 Å². The molecule has 2 rings (SSSR count). The van der Waals surface area contributed by atoms with Crippen molar-refractivity contribution in [3.63, 3.8) is 0 Å². The zero-order valence-electron chi connectivity index (χ0n) is 10.7. The van der Waals surface area contributed by atoms with E-state index in [9.17, 15) is 0 Å². The van der Waals surface area contributed by atoms with Crippen molar-refractivity contribution < 1.29 is 0 Å². The molecule has 96 valence electrons. The Morgan fingerprint density at radius 3 is 2.68 bits per heavy atom. The molecule has 0 saturated carbocycles. The molecule has 0 spiro atoms. The third kappa shape index (κ3) is 3.55. The van der Waals surface area contributed by atoms with Crippen LogP contribution in [0, 0.1) is 11.3 Å². The van der Waals surface area contributed by atoms with Gasteiger partial charge in [0.25, 0.3) is 0 Å². The molecule has 0 bridgehead atoms. The number of pyridine rings is 1. The van der Waals surface area contributed by atoms with Crippen LogP contribution in [0.25, 0.3) is 0 Å². The molecule has 0 saturated heterocycles. The molecule has 0 radical (unpaired) electrons. The Morgan fingerprint density at radius 2 is 2.00 bits per heavy atom. The molecule has 0 unspecified atom stereocenters. The molecule has 0 aliphatic heterocycles. The SMILES string of the molecule is CN(CCc1ccncc1)c1cc(Br)ccc1C#N. The van der Waals surface area contributed by atoms with Gasteiger partial charge in [0.05, 0.1) is 11.3 Å². The Balaban J connectivity index is 2.10. The number of anilines is 1. The van der Waals surface area contributed by atoms with Crippen LogP contribution in [0.3, 0.4) is 0 Å². The molecule has 0 atom stereocenters. The number of halogens is 1. The van der Waals surface area contributed by atoms with Gasteiger partial charge in [-0.3, -0.25) is 4.98 Å². The quantitative estimate of drug-likeness (QED) is 0.868. The normalized spacial score (nSPS) is 9.95. The van der Waals surface area contributed by atoms with Gasteiger partial charge in [-0.2, -0.15) is 5.26 Å². The molecule has 0 aliphatic carbocycles. The molecule has 0 amide bonds. The van der Waals surface area contributed by atoms with Gasteiger partial charge in [-0.25, -0.2) is 0 Å². The van der Waals surface area contributed by atoms with Crippen molar-refractivity contribution in [2.75, 3.05) is 18.5 Å². The summed E-state index contributed by atoms with van der Waals surface area (Å²) in [5.74, 6) is 0. The van der Waals surface area contributed by atoms with Gasteiger partial charge in [-0.05, 0) is 42.3 Å². The average Bonchev–Trinajstić information content (AvgIpc) is 2.46. The molecule has 19 heavy (non-hydrogen) atoms. The maximum atomic E-state index is 9.14. The first-order valence-corrected chi connectivity index (χ1v) is 6.79. The topological polar surface area (TPSA) is 39.9 Å². The third-order valence-electron chi connectivity index (χ3n) is 2.98. The number of nitriles is 1. The van der Waals surface area contributed by atoms with Gasteiger partial charge in [0.1, 0.15) is 6.07 Å². The number of aromatic nitrogens is 1. The van der Waals surface area contributed by atoms with E-state index in [-0.39, 0.29) is 0 Å². The van der Waals surface area contributed by atoms with Crippen molar-refractivity contribution in [1.29, 1.82) is 5.26 Å². The third-order valence-corrected chi connectivity index (χ3v) is 3.47. The van der Waals surface area contributed by atoms with E-state index in [0.29, 0.717) is 5.56 Å². The highest BCUT2D eigenvalue weighted by molar-refractivity contribution is 9.10. The summed E-state index contributed by atoms with van der Waals surface area (Å²) in [5.41, 5.74) is 2.89. The Kier molecular flexibility index (Phi) is 4.53. The Morgan fingerprint density at radius 1 is 1.26 bits per heavy atom. The largest absolute Gasteiger partial charge is 0.373 e. The number of hydrogen-bond acceptors (Lipinski definition) is 3. The fourth-order valence-corrected chi connectivity index (χ4v) is 2.23. The van der Waals surface area contributed by atoms with E-state index < -0.39 is 0 Å². The number of nitrogens with zero attached hydrogens (tertiary/aromatic N) is 3. The van der Waals surface area contributed by atoms with Crippen LogP contribution in [0.2, 0.25) is 0 Å². The van der Waals surface area contributed by atoms with Crippen LogP contribution >= 0.6 is 15.9 Å². The van der Waals surface area contributed by atoms with Crippen LogP contribution in [0.4, 0.5) is 5.69 Å². The van der Waals surface area contributed by atoms with Crippen molar-refractivity contribution in [2.24, 2.45) is 0 Å². The first kappa shape index (κ1) is 13.6. The highest BCUT2D eigenvalue weighted by Crippen LogP contribution is 2.24. The van der Waals surface area contributed by atoms with Gasteiger partial charge in [0, 0.05) is 30.5 Å². The minimum absolute atomic E-state index is 0.695. The molecule has 0 N–H and O–H groups in total. The lowest BCUT2D eigenvalue weighted by Gasteiger charge is -2.20. The Hall–Kier alpha value is -1.86. The lowest BCUT2D eigenvalue weighted by Crippen LogP contribution is -2.21. The van der Waals surface area contributed by atoms with Crippen LogP contribution in [0.15, 0.2) is 47.2 Å². The Bertz CT molecular complexity index is 590. The predicted molar refractivity (Wildman–Crippen MR) is 80.1 cm³/mol. The molecule has 1 heterocycles. The van der Waals surface area contributed by atoms with Crippen molar-refractivity contribution in [2.45, 2.75) is 6.42 Å². The number of rotatable bonds is 4. The summed E-state index contributed by atoms with van der Waals surface area (Å²) in [6, 6.07) is 12.0. The van der Waals surface area contributed by atoms with Crippen LogP contribution < -0.4 is 4.90 Å². The second-order valence-corrected chi connectivity index (χ2v) is 5.22. The minimum atomic E-state index is 0.695.